The van der Waals surface area contributed by atoms with E-state index in [0.29, 0.717) is 25.7 Å². The molecule has 0 bridgehead atoms. The van der Waals surface area contributed by atoms with Gasteiger partial charge in [0.15, 0.2) is 0 Å². The second-order valence-electron chi connectivity index (χ2n) is 5.16. The van der Waals surface area contributed by atoms with Gasteiger partial charge in [-0.2, -0.15) is 0 Å². The zero-order valence-electron chi connectivity index (χ0n) is 14.7. The van der Waals surface area contributed by atoms with Crippen LogP contribution >= 0.6 is 0 Å². The number of rotatable bonds is 15. The Morgan fingerprint density at radius 2 is 1.58 bits per heavy atom. The van der Waals surface area contributed by atoms with E-state index in [1.807, 2.05) is 0 Å². The van der Waals surface area contributed by atoms with Crippen LogP contribution < -0.4 is 27.0 Å². The van der Waals surface area contributed by atoms with Crippen LogP contribution in [0.2, 0.25) is 0 Å². The first-order chi connectivity index (χ1) is 12.5. The molecule has 0 saturated carbocycles. The number of ether oxygens (including phenoxy) is 1. The van der Waals surface area contributed by atoms with Crippen LogP contribution in [-0.4, -0.2) is 75.9 Å². The summed E-state index contributed by atoms with van der Waals surface area (Å²) in [5.74, 6) is -1.28. The van der Waals surface area contributed by atoms with E-state index in [2.05, 4.69) is 21.3 Å². The zero-order chi connectivity index (χ0) is 19.6. The number of aldehydes is 1. The predicted octanol–water partition coefficient (Wildman–Crippen LogP) is -3.20. The third kappa shape index (κ3) is 15.0. The Kier molecular flexibility index (Phi) is 14.4. The first-order valence-corrected chi connectivity index (χ1v) is 8.27. The molecular formula is C15H27N5O6. The lowest BCUT2D eigenvalue weighted by Crippen LogP contribution is -2.37. The van der Waals surface area contributed by atoms with E-state index >= 15 is 0 Å². The number of amides is 4. The molecule has 0 fully saturated rings. The maximum Gasteiger partial charge on any atom is 0.245 e. The normalized spacial score (nSPS) is 9.88. The van der Waals surface area contributed by atoms with Crippen LogP contribution in [0.25, 0.3) is 0 Å². The number of carbonyl (C=O) groups is 5. The molecule has 0 rings (SSSR count). The molecule has 148 valence electrons. The molecule has 0 unspecified atom stereocenters. The van der Waals surface area contributed by atoms with Gasteiger partial charge in [0.25, 0.3) is 0 Å². The molecule has 0 heterocycles. The second-order valence-corrected chi connectivity index (χ2v) is 5.16. The van der Waals surface area contributed by atoms with E-state index in [1.54, 1.807) is 0 Å². The minimum atomic E-state index is -0.430. The first kappa shape index (κ1) is 23.5. The Morgan fingerprint density at radius 1 is 0.846 bits per heavy atom. The van der Waals surface area contributed by atoms with Gasteiger partial charge in [0.1, 0.15) is 12.9 Å². The highest BCUT2D eigenvalue weighted by molar-refractivity contribution is 5.85. The van der Waals surface area contributed by atoms with Crippen molar-refractivity contribution >= 4 is 29.9 Å². The molecule has 0 atom stereocenters. The molecule has 4 amide bonds. The third-order valence-electron chi connectivity index (χ3n) is 2.97. The summed E-state index contributed by atoms with van der Waals surface area (Å²) in [6.45, 7) is 0.429. The Morgan fingerprint density at radius 3 is 2.27 bits per heavy atom. The molecule has 6 N–H and O–H groups in total. The van der Waals surface area contributed by atoms with Gasteiger partial charge in [-0.3, -0.25) is 19.2 Å². The fraction of sp³-hybridized carbons (Fsp3) is 0.667. The van der Waals surface area contributed by atoms with E-state index < -0.39 is 5.91 Å². The largest absolute Gasteiger partial charge is 0.370 e. The van der Waals surface area contributed by atoms with Gasteiger partial charge >= 0.3 is 0 Å². The fourth-order valence-electron chi connectivity index (χ4n) is 1.67. The molecule has 0 aromatic rings. The van der Waals surface area contributed by atoms with Gasteiger partial charge in [-0.25, -0.2) is 0 Å². The van der Waals surface area contributed by atoms with Gasteiger partial charge in [0.05, 0.1) is 26.2 Å². The molecule has 0 aliphatic heterocycles. The van der Waals surface area contributed by atoms with Crippen LogP contribution in [0.1, 0.15) is 19.3 Å². The van der Waals surface area contributed by atoms with Crippen LogP contribution in [0.5, 0.6) is 0 Å². The van der Waals surface area contributed by atoms with Crippen molar-refractivity contribution in [2.45, 2.75) is 19.3 Å². The number of nitrogens with two attached hydrogens (primary N) is 1. The van der Waals surface area contributed by atoms with Gasteiger partial charge in [-0.15, -0.1) is 0 Å². The van der Waals surface area contributed by atoms with Crippen molar-refractivity contribution in [3.05, 3.63) is 0 Å². The summed E-state index contributed by atoms with van der Waals surface area (Å²) in [7, 11) is 0. The van der Waals surface area contributed by atoms with Crippen LogP contribution in [0.3, 0.4) is 0 Å². The molecule has 0 spiro atoms. The lowest BCUT2D eigenvalue weighted by atomic mass is 10.2. The van der Waals surface area contributed by atoms with Crippen molar-refractivity contribution in [3.8, 4) is 0 Å². The zero-order valence-corrected chi connectivity index (χ0v) is 14.7. The summed E-state index contributed by atoms with van der Waals surface area (Å²) in [4.78, 5) is 55.0. The van der Waals surface area contributed by atoms with Crippen molar-refractivity contribution in [1.82, 2.24) is 21.3 Å². The quantitative estimate of drug-likeness (QED) is 0.149. The average molecular weight is 373 g/mol. The van der Waals surface area contributed by atoms with E-state index in [-0.39, 0.29) is 63.5 Å². The number of hydrogen-bond donors (Lipinski definition) is 5. The van der Waals surface area contributed by atoms with Crippen molar-refractivity contribution < 1.29 is 28.7 Å². The monoisotopic (exact) mass is 373 g/mol. The van der Waals surface area contributed by atoms with Gasteiger partial charge in [0.2, 0.25) is 23.6 Å². The van der Waals surface area contributed by atoms with Crippen molar-refractivity contribution in [2.75, 3.05) is 45.9 Å². The number of unbranched alkanes of at least 4 members (excludes halogenated alkanes) is 1. The summed E-state index contributed by atoms with van der Waals surface area (Å²) in [5.41, 5.74) is 5.11. The minimum Gasteiger partial charge on any atom is -0.370 e. The highest BCUT2D eigenvalue weighted by atomic mass is 16.5. The maximum absolute atomic E-state index is 11.5. The topological polar surface area (TPSA) is 169 Å². The number of carbonyl (C=O) groups excluding carboxylic acids is 5. The second kappa shape index (κ2) is 16.0. The molecule has 26 heavy (non-hydrogen) atoms. The van der Waals surface area contributed by atoms with Crippen LogP contribution in [0.15, 0.2) is 0 Å². The van der Waals surface area contributed by atoms with Crippen LogP contribution in [0, 0.1) is 0 Å². The summed E-state index contributed by atoms with van der Waals surface area (Å²) in [6, 6.07) is 0. The minimum absolute atomic E-state index is 0.0829. The van der Waals surface area contributed by atoms with E-state index in [0.717, 1.165) is 0 Å². The van der Waals surface area contributed by atoms with Gasteiger partial charge in [-0.05, 0) is 12.8 Å². The maximum atomic E-state index is 11.5. The standard InChI is InChI=1S/C15H27N5O6/c16-9-13(23)19-6-8-26-11-15(25)17-4-2-1-3-12(22)20-10-14(24)18-5-7-21/h7H,1-6,8-11,16H2,(H,17,25)(H,18,24)(H,19,23)(H,20,22). The highest BCUT2D eigenvalue weighted by Crippen LogP contribution is 1.93. The molecule has 0 radical (unpaired) electrons. The Labute approximate surface area is 151 Å². The van der Waals surface area contributed by atoms with Crippen molar-refractivity contribution in [1.29, 1.82) is 0 Å². The molecule has 11 nitrogen and oxygen atoms in total. The number of hydrogen-bond acceptors (Lipinski definition) is 7. The lowest BCUT2D eigenvalue weighted by molar-refractivity contribution is -0.126. The van der Waals surface area contributed by atoms with Crippen LogP contribution in [0.4, 0.5) is 0 Å². The molecular weight excluding hydrogens is 346 g/mol. The summed E-state index contributed by atoms with van der Waals surface area (Å²) >= 11 is 0. The fourth-order valence-corrected chi connectivity index (χ4v) is 1.67. The molecule has 0 aliphatic rings. The molecule has 11 heteroatoms. The van der Waals surface area contributed by atoms with Gasteiger partial charge in [-0.1, -0.05) is 0 Å². The average Bonchev–Trinajstić information content (AvgIpc) is 2.63. The smallest absolute Gasteiger partial charge is 0.245 e. The van der Waals surface area contributed by atoms with Crippen molar-refractivity contribution in [2.24, 2.45) is 5.73 Å². The van der Waals surface area contributed by atoms with Gasteiger partial charge < -0.3 is 36.5 Å². The molecule has 0 aromatic carbocycles. The Hall–Kier alpha value is -2.53. The first-order valence-electron chi connectivity index (χ1n) is 8.27. The molecule has 0 saturated heterocycles. The Bertz CT molecular complexity index is 471. The van der Waals surface area contributed by atoms with Crippen LogP contribution in [-0.2, 0) is 28.7 Å². The number of nitrogens with one attached hydrogen (secondary N) is 4. The Balaban J connectivity index is 3.48. The van der Waals surface area contributed by atoms with Crippen molar-refractivity contribution in [3.63, 3.8) is 0 Å². The predicted molar refractivity (Wildman–Crippen MR) is 91.8 cm³/mol. The molecule has 0 aliphatic carbocycles. The lowest BCUT2D eigenvalue weighted by Gasteiger charge is -2.07. The van der Waals surface area contributed by atoms with Gasteiger partial charge in [0, 0.05) is 19.5 Å². The third-order valence-corrected chi connectivity index (χ3v) is 2.97. The summed E-state index contributed by atoms with van der Waals surface area (Å²) in [6.07, 6.45) is 1.93. The molecule has 0 aromatic heterocycles. The van der Waals surface area contributed by atoms with E-state index in [9.17, 15) is 24.0 Å². The SMILES string of the molecule is NCC(=O)NCCOCC(=O)NCCCCC(=O)NCC(=O)NCC=O. The highest BCUT2D eigenvalue weighted by Gasteiger charge is 2.05. The summed E-state index contributed by atoms with van der Waals surface area (Å²) in [5, 5.41) is 9.88. The van der Waals surface area contributed by atoms with E-state index in [4.69, 9.17) is 10.5 Å². The van der Waals surface area contributed by atoms with E-state index in [1.165, 1.54) is 0 Å². The summed E-state index contributed by atoms with van der Waals surface area (Å²) < 4.78 is 5.08.